The molecule has 0 aromatic heterocycles. The largest absolute Gasteiger partial charge is 0.494 e. The fourth-order valence-corrected chi connectivity index (χ4v) is 2.20. The zero-order chi connectivity index (χ0) is 17.6. The molecular formula is C18H18F3NO2. The third-order valence-electron chi connectivity index (χ3n) is 3.39. The summed E-state index contributed by atoms with van der Waals surface area (Å²) in [5.41, 5.74) is 0.649. The molecule has 0 radical (unpaired) electrons. The van der Waals surface area contributed by atoms with Gasteiger partial charge < -0.3 is 10.1 Å². The minimum absolute atomic E-state index is 0.0228. The van der Waals surface area contributed by atoms with Crippen molar-refractivity contribution in [3.8, 4) is 5.75 Å². The van der Waals surface area contributed by atoms with Crippen molar-refractivity contribution in [1.29, 1.82) is 0 Å². The molecule has 2 rings (SSSR count). The number of carbonyl (C=O) groups is 1. The third-order valence-corrected chi connectivity index (χ3v) is 3.39. The SMILES string of the molecule is CCOc1ccccc1CNC(=O)Cc1ccc(C(F)(F)F)cc1. The quantitative estimate of drug-likeness (QED) is 0.866. The fourth-order valence-electron chi connectivity index (χ4n) is 2.20. The monoisotopic (exact) mass is 337 g/mol. The van der Waals surface area contributed by atoms with E-state index in [2.05, 4.69) is 5.32 Å². The van der Waals surface area contributed by atoms with Gasteiger partial charge >= 0.3 is 6.18 Å². The van der Waals surface area contributed by atoms with Gasteiger partial charge in [-0.05, 0) is 30.7 Å². The molecule has 1 amide bonds. The van der Waals surface area contributed by atoms with Crippen molar-refractivity contribution in [3.05, 3.63) is 65.2 Å². The zero-order valence-electron chi connectivity index (χ0n) is 13.2. The Morgan fingerprint density at radius 1 is 1.08 bits per heavy atom. The van der Waals surface area contributed by atoms with E-state index < -0.39 is 11.7 Å². The first-order chi connectivity index (χ1) is 11.4. The second-order valence-corrected chi connectivity index (χ2v) is 5.19. The molecule has 0 aliphatic rings. The second-order valence-electron chi connectivity index (χ2n) is 5.19. The normalized spacial score (nSPS) is 11.2. The summed E-state index contributed by atoms with van der Waals surface area (Å²) in [6.45, 7) is 2.70. The van der Waals surface area contributed by atoms with Crippen molar-refractivity contribution in [3.63, 3.8) is 0 Å². The summed E-state index contributed by atoms with van der Waals surface area (Å²) < 4.78 is 43.0. The highest BCUT2D eigenvalue weighted by molar-refractivity contribution is 5.78. The van der Waals surface area contributed by atoms with E-state index in [1.54, 1.807) is 0 Å². The minimum Gasteiger partial charge on any atom is -0.494 e. The van der Waals surface area contributed by atoms with Crippen molar-refractivity contribution < 1.29 is 22.7 Å². The average molecular weight is 337 g/mol. The van der Waals surface area contributed by atoms with E-state index in [4.69, 9.17) is 4.74 Å². The maximum absolute atomic E-state index is 12.5. The summed E-state index contributed by atoms with van der Waals surface area (Å²) in [4.78, 5) is 12.0. The number of rotatable bonds is 6. The van der Waals surface area contributed by atoms with Gasteiger partial charge in [0.05, 0.1) is 18.6 Å². The van der Waals surface area contributed by atoms with Crippen LogP contribution in [0.5, 0.6) is 5.75 Å². The van der Waals surface area contributed by atoms with Gasteiger partial charge in [0, 0.05) is 12.1 Å². The maximum Gasteiger partial charge on any atom is 0.416 e. The lowest BCUT2D eigenvalue weighted by molar-refractivity contribution is -0.137. The van der Waals surface area contributed by atoms with Crippen LogP contribution in [0.1, 0.15) is 23.6 Å². The number of para-hydroxylation sites is 1. The molecule has 3 nitrogen and oxygen atoms in total. The van der Waals surface area contributed by atoms with Crippen LogP contribution in [-0.2, 0) is 23.9 Å². The Labute approximate surface area is 138 Å². The molecule has 24 heavy (non-hydrogen) atoms. The third kappa shape index (κ3) is 5.01. The van der Waals surface area contributed by atoms with Gasteiger partial charge in [-0.15, -0.1) is 0 Å². The molecule has 0 aliphatic heterocycles. The Bertz CT molecular complexity index is 681. The number of hydrogen-bond acceptors (Lipinski definition) is 2. The number of carbonyl (C=O) groups excluding carboxylic acids is 1. The van der Waals surface area contributed by atoms with Crippen LogP contribution in [-0.4, -0.2) is 12.5 Å². The van der Waals surface area contributed by atoms with Gasteiger partial charge in [-0.1, -0.05) is 30.3 Å². The van der Waals surface area contributed by atoms with Crippen LogP contribution in [0, 0.1) is 0 Å². The van der Waals surface area contributed by atoms with E-state index in [0.717, 1.165) is 17.7 Å². The molecule has 6 heteroatoms. The highest BCUT2D eigenvalue weighted by atomic mass is 19.4. The molecule has 0 heterocycles. The molecule has 128 valence electrons. The minimum atomic E-state index is -4.37. The van der Waals surface area contributed by atoms with E-state index in [0.29, 0.717) is 24.5 Å². The fraction of sp³-hybridized carbons (Fsp3) is 0.278. The van der Waals surface area contributed by atoms with Crippen LogP contribution in [0.4, 0.5) is 13.2 Å². The van der Waals surface area contributed by atoms with Crippen LogP contribution in [0.15, 0.2) is 48.5 Å². The number of hydrogen-bond donors (Lipinski definition) is 1. The first-order valence-electron chi connectivity index (χ1n) is 7.53. The lowest BCUT2D eigenvalue weighted by Crippen LogP contribution is -2.24. The summed E-state index contributed by atoms with van der Waals surface area (Å²) in [6.07, 6.45) is -4.35. The molecule has 0 fully saturated rings. The summed E-state index contributed by atoms with van der Waals surface area (Å²) in [7, 11) is 0. The van der Waals surface area contributed by atoms with Crippen molar-refractivity contribution >= 4 is 5.91 Å². The summed E-state index contributed by atoms with van der Waals surface area (Å²) in [6, 6.07) is 12.0. The summed E-state index contributed by atoms with van der Waals surface area (Å²) in [5.74, 6) is 0.441. The molecule has 2 aromatic carbocycles. The Balaban J connectivity index is 1.92. The van der Waals surface area contributed by atoms with Gasteiger partial charge in [-0.25, -0.2) is 0 Å². The van der Waals surface area contributed by atoms with E-state index in [1.807, 2.05) is 31.2 Å². The summed E-state index contributed by atoms with van der Waals surface area (Å²) in [5, 5.41) is 2.75. The molecule has 0 bridgehead atoms. The Morgan fingerprint density at radius 3 is 2.38 bits per heavy atom. The number of benzene rings is 2. The Morgan fingerprint density at radius 2 is 1.75 bits per heavy atom. The number of nitrogens with one attached hydrogen (secondary N) is 1. The molecular weight excluding hydrogens is 319 g/mol. The van der Waals surface area contributed by atoms with Gasteiger partial charge in [0.25, 0.3) is 0 Å². The van der Waals surface area contributed by atoms with E-state index in [1.165, 1.54) is 12.1 Å². The molecule has 0 saturated carbocycles. The predicted octanol–water partition coefficient (Wildman–Crippen LogP) is 3.96. The predicted molar refractivity (Wildman–Crippen MR) is 84.6 cm³/mol. The van der Waals surface area contributed by atoms with Crippen LogP contribution >= 0.6 is 0 Å². The first-order valence-corrected chi connectivity index (χ1v) is 7.53. The Hall–Kier alpha value is -2.50. The standard InChI is InChI=1S/C18H18F3NO2/c1-2-24-16-6-4-3-5-14(16)12-22-17(23)11-13-7-9-15(10-8-13)18(19,20)21/h3-10H,2,11-12H2,1H3,(H,22,23). The maximum atomic E-state index is 12.5. The van der Waals surface area contributed by atoms with Crippen LogP contribution < -0.4 is 10.1 Å². The lowest BCUT2D eigenvalue weighted by Gasteiger charge is -2.11. The molecule has 1 N–H and O–H groups in total. The van der Waals surface area contributed by atoms with Crippen molar-refractivity contribution in [1.82, 2.24) is 5.32 Å². The lowest BCUT2D eigenvalue weighted by atomic mass is 10.1. The average Bonchev–Trinajstić information content (AvgIpc) is 2.54. The van der Waals surface area contributed by atoms with Gasteiger partial charge in [-0.3, -0.25) is 4.79 Å². The highest BCUT2D eigenvalue weighted by Gasteiger charge is 2.29. The van der Waals surface area contributed by atoms with Crippen molar-refractivity contribution in [2.24, 2.45) is 0 Å². The number of ether oxygens (including phenoxy) is 1. The smallest absolute Gasteiger partial charge is 0.416 e. The first kappa shape index (κ1) is 17.8. The van der Waals surface area contributed by atoms with Gasteiger partial charge in [-0.2, -0.15) is 13.2 Å². The molecule has 0 spiro atoms. The van der Waals surface area contributed by atoms with Gasteiger partial charge in [0.1, 0.15) is 5.75 Å². The Kier molecular flexibility index (Phi) is 5.84. The van der Waals surface area contributed by atoms with Crippen LogP contribution in [0.25, 0.3) is 0 Å². The van der Waals surface area contributed by atoms with E-state index in [-0.39, 0.29) is 12.3 Å². The van der Waals surface area contributed by atoms with Gasteiger partial charge in [0.15, 0.2) is 0 Å². The second kappa shape index (κ2) is 7.86. The van der Waals surface area contributed by atoms with E-state index in [9.17, 15) is 18.0 Å². The number of halogens is 3. The van der Waals surface area contributed by atoms with Gasteiger partial charge in [0.2, 0.25) is 5.91 Å². The van der Waals surface area contributed by atoms with Crippen LogP contribution in [0.3, 0.4) is 0 Å². The summed E-state index contributed by atoms with van der Waals surface area (Å²) >= 11 is 0. The molecule has 0 aliphatic carbocycles. The topological polar surface area (TPSA) is 38.3 Å². The molecule has 0 saturated heterocycles. The molecule has 0 unspecified atom stereocenters. The molecule has 0 atom stereocenters. The van der Waals surface area contributed by atoms with Crippen molar-refractivity contribution in [2.75, 3.05) is 6.61 Å². The zero-order valence-corrected chi connectivity index (χ0v) is 13.2. The highest BCUT2D eigenvalue weighted by Crippen LogP contribution is 2.29. The van der Waals surface area contributed by atoms with Crippen molar-refractivity contribution in [2.45, 2.75) is 26.1 Å². The number of alkyl halides is 3. The number of amides is 1. The van der Waals surface area contributed by atoms with E-state index >= 15 is 0 Å². The molecule has 2 aromatic rings. The van der Waals surface area contributed by atoms with Crippen LogP contribution in [0.2, 0.25) is 0 Å².